The molecule has 0 unspecified atom stereocenters. The van der Waals surface area contributed by atoms with Gasteiger partial charge in [0.25, 0.3) is 5.91 Å². The van der Waals surface area contributed by atoms with E-state index in [9.17, 15) is 9.59 Å². The van der Waals surface area contributed by atoms with E-state index in [1.165, 1.54) is 23.4 Å². The molecule has 0 fully saturated rings. The van der Waals surface area contributed by atoms with Gasteiger partial charge in [0.2, 0.25) is 5.91 Å². The van der Waals surface area contributed by atoms with Crippen LogP contribution < -0.4 is 10.7 Å². The number of nitrogens with one attached hydrogen (secondary N) is 2. The largest absolute Gasteiger partial charge is 0.322 e. The van der Waals surface area contributed by atoms with Crippen molar-refractivity contribution >= 4 is 23.6 Å². The van der Waals surface area contributed by atoms with Crippen molar-refractivity contribution in [1.29, 1.82) is 0 Å². The molecule has 1 aromatic heterocycles. The summed E-state index contributed by atoms with van der Waals surface area (Å²) in [7, 11) is 0. The molecule has 124 valence electrons. The first-order chi connectivity index (χ1) is 12.2. The molecule has 7 heteroatoms. The van der Waals surface area contributed by atoms with Crippen LogP contribution in [-0.4, -0.2) is 26.7 Å². The van der Waals surface area contributed by atoms with Crippen LogP contribution in [0.4, 0.5) is 5.69 Å². The second-order valence-corrected chi connectivity index (χ2v) is 5.09. The summed E-state index contributed by atoms with van der Waals surface area (Å²) in [5.74, 6) is -0.712. The summed E-state index contributed by atoms with van der Waals surface area (Å²) < 4.78 is 1.33. The maximum Gasteiger partial charge on any atom is 0.272 e. The summed E-state index contributed by atoms with van der Waals surface area (Å²) in [6.45, 7) is 0. The van der Waals surface area contributed by atoms with E-state index in [-0.39, 0.29) is 11.8 Å². The van der Waals surface area contributed by atoms with Gasteiger partial charge in [-0.15, -0.1) is 10.2 Å². The van der Waals surface area contributed by atoms with Crippen LogP contribution in [0.2, 0.25) is 0 Å². The standard InChI is InChI=1S/C18H15N5O2/c24-17(11-10-14-6-2-1-3-7-14)21-16-9-5-4-8-15(16)18(25)22-23-12-19-20-13-23/h1-13H,(H,21,24)(H,22,25)/b11-10+. The molecular formula is C18H15N5O2. The molecule has 3 aromatic rings. The number of aromatic nitrogens is 3. The average Bonchev–Trinajstić information content (AvgIpc) is 3.14. The van der Waals surface area contributed by atoms with E-state index >= 15 is 0 Å². The first-order valence-electron chi connectivity index (χ1n) is 7.51. The lowest BCUT2D eigenvalue weighted by Crippen LogP contribution is -2.23. The second kappa shape index (κ2) is 7.69. The van der Waals surface area contributed by atoms with Gasteiger partial charge in [-0.2, -0.15) is 0 Å². The third-order valence-electron chi connectivity index (χ3n) is 3.31. The molecule has 2 N–H and O–H groups in total. The second-order valence-electron chi connectivity index (χ2n) is 5.09. The molecule has 2 aromatic carbocycles. The average molecular weight is 333 g/mol. The van der Waals surface area contributed by atoms with Crippen LogP contribution in [0.25, 0.3) is 6.08 Å². The topological polar surface area (TPSA) is 88.9 Å². The zero-order chi connectivity index (χ0) is 17.5. The van der Waals surface area contributed by atoms with Crippen LogP contribution in [0.1, 0.15) is 15.9 Å². The Balaban J connectivity index is 1.71. The van der Waals surface area contributed by atoms with Crippen molar-refractivity contribution in [3.8, 4) is 0 Å². The Morgan fingerprint density at radius 2 is 1.60 bits per heavy atom. The zero-order valence-electron chi connectivity index (χ0n) is 13.2. The Labute approximate surface area is 144 Å². The van der Waals surface area contributed by atoms with Crippen molar-refractivity contribution in [3.05, 3.63) is 84.5 Å². The van der Waals surface area contributed by atoms with Gasteiger partial charge in [0, 0.05) is 6.08 Å². The Bertz CT molecular complexity index is 889. The normalized spacial score (nSPS) is 10.6. The van der Waals surface area contributed by atoms with Gasteiger partial charge in [-0.25, -0.2) is 4.68 Å². The lowest BCUT2D eigenvalue weighted by molar-refractivity contribution is -0.111. The third-order valence-corrected chi connectivity index (χ3v) is 3.31. The monoisotopic (exact) mass is 333 g/mol. The molecule has 3 rings (SSSR count). The Morgan fingerprint density at radius 3 is 2.36 bits per heavy atom. The number of amides is 2. The molecule has 0 saturated carbocycles. The molecule has 0 atom stereocenters. The Morgan fingerprint density at radius 1 is 0.920 bits per heavy atom. The maximum absolute atomic E-state index is 12.3. The van der Waals surface area contributed by atoms with Crippen LogP contribution in [0.5, 0.6) is 0 Å². The smallest absolute Gasteiger partial charge is 0.272 e. The number of carbonyl (C=O) groups is 2. The first-order valence-corrected chi connectivity index (χ1v) is 7.51. The van der Waals surface area contributed by atoms with Gasteiger partial charge in [0.05, 0.1) is 11.3 Å². The molecular weight excluding hydrogens is 318 g/mol. The minimum absolute atomic E-state index is 0.326. The highest BCUT2D eigenvalue weighted by Crippen LogP contribution is 2.15. The molecule has 0 aliphatic rings. The highest BCUT2D eigenvalue weighted by atomic mass is 16.2. The molecule has 7 nitrogen and oxygen atoms in total. The minimum Gasteiger partial charge on any atom is -0.322 e. The number of para-hydroxylation sites is 1. The third kappa shape index (κ3) is 4.38. The molecule has 0 saturated heterocycles. The van der Waals surface area contributed by atoms with Crippen molar-refractivity contribution in [2.45, 2.75) is 0 Å². The van der Waals surface area contributed by atoms with Crippen molar-refractivity contribution in [3.63, 3.8) is 0 Å². The molecule has 0 spiro atoms. The van der Waals surface area contributed by atoms with Crippen LogP contribution in [0, 0.1) is 0 Å². The molecule has 0 bridgehead atoms. The fraction of sp³-hybridized carbons (Fsp3) is 0. The maximum atomic E-state index is 12.3. The van der Waals surface area contributed by atoms with Crippen molar-refractivity contribution in [2.24, 2.45) is 0 Å². The zero-order valence-corrected chi connectivity index (χ0v) is 13.2. The molecule has 0 radical (unpaired) electrons. The summed E-state index contributed by atoms with van der Waals surface area (Å²) in [5.41, 5.74) is 4.25. The van der Waals surface area contributed by atoms with Crippen molar-refractivity contribution in [1.82, 2.24) is 14.9 Å². The SMILES string of the molecule is O=C(/C=C/c1ccccc1)Nc1ccccc1C(=O)Nn1cnnc1. The summed E-state index contributed by atoms with van der Waals surface area (Å²) in [5, 5.41) is 9.94. The van der Waals surface area contributed by atoms with Gasteiger partial charge < -0.3 is 5.32 Å². The van der Waals surface area contributed by atoms with E-state index in [1.807, 2.05) is 30.3 Å². The van der Waals surface area contributed by atoms with E-state index in [4.69, 9.17) is 0 Å². The fourth-order valence-electron chi connectivity index (χ4n) is 2.14. The predicted octanol–water partition coefficient (Wildman–Crippen LogP) is 2.31. The molecule has 1 heterocycles. The van der Waals surface area contributed by atoms with Crippen LogP contribution in [0.3, 0.4) is 0 Å². The summed E-state index contributed by atoms with van der Waals surface area (Å²) in [4.78, 5) is 24.5. The van der Waals surface area contributed by atoms with Gasteiger partial charge in [-0.1, -0.05) is 42.5 Å². The fourth-order valence-corrected chi connectivity index (χ4v) is 2.14. The molecule has 0 aliphatic carbocycles. The van der Waals surface area contributed by atoms with Crippen molar-refractivity contribution in [2.75, 3.05) is 10.7 Å². The van der Waals surface area contributed by atoms with Gasteiger partial charge in [0.15, 0.2) is 0 Å². The summed E-state index contributed by atoms with van der Waals surface area (Å²) in [6, 6.07) is 16.2. The van der Waals surface area contributed by atoms with E-state index < -0.39 is 0 Å². The summed E-state index contributed by atoms with van der Waals surface area (Å²) in [6.07, 6.45) is 5.85. The van der Waals surface area contributed by atoms with E-state index in [0.29, 0.717) is 11.3 Å². The van der Waals surface area contributed by atoms with Crippen LogP contribution in [0.15, 0.2) is 73.3 Å². The van der Waals surface area contributed by atoms with Crippen molar-refractivity contribution < 1.29 is 9.59 Å². The quantitative estimate of drug-likeness (QED) is 0.701. The first kappa shape index (κ1) is 16.1. The number of rotatable bonds is 5. The lowest BCUT2D eigenvalue weighted by atomic mass is 10.1. The van der Waals surface area contributed by atoms with Gasteiger partial charge in [-0.05, 0) is 23.8 Å². The van der Waals surface area contributed by atoms with Gasteiger partial charge >= 0.3 is 0 Å². The number of anilines is 1. The Hall–Kier alpha value is -3.74. The molecule has 0 aliphatic heterocycles. The number of nitrogens with zero attached hydrogens (tertiary/aromatic N) is 3. The Kier molecular flexibility index (Phi) is 4.96. The van der Waals surface area contributed by atoms with Crippen LogP contribution >= 0.6 is 0 Å². The number of hydrogen-bond donors (Lipinski definition) is 2. The van der Waals surface area contributed by atoms with Crippen LogP contribution in [-0.2, 0) is 4.79 Å². The number of hydrogen-bond acceptors (Lipinski definition) is 4. The highest BCUT2D eigenvalue weighted by Gasteiger charge is 2.12. The van der Waals surface area contributed by atoms with Gasteiger partial charge in [0.1, 0.15) is 12.7 Å². The number of carbonyl (C=O) groups excluding carboxylic acids is 2. The van der Waals surface area contributed by atoms with Gasteiger partial charge in [-0.3, -0.25) is 15.0 Å². The minimum atomic E-state index is -0.386. The highest BCUT2D eigenvalue weighted by molar-refractivity contribution is 6.09. The number of benzene rings is 2. The predicted molar refractivity (Wildman–Crippen MR) is 94.3 cm³/mol. The lowest BCUT2D eigenvalue weighted by Gasteiger charge is -2.10. The van der Waals surface area contributed by atoms with E-state index in [1.54, 1.807) is 30.3 Å². The summed E-state index contributed by atoms with van der Waals surface area (Å²) >= 11 is 0. The van der Waals surface area contributed by atoms with E-state index in [2.05, 4.69) is 20.9 Å². The molecule has 2 amide bonds. The van der Waals surface area contributed by atoms with E-state index in [0.717, 1.165) is 5.56 Å². The molecule has 25 heavy (non-hydrogen) atoms.